The molecule has 0 aromatic carbocycles. The van der Waals surface area contributed by atoms with E-state index in [9.17, 15) is 0 Å². The highest BCUT2D eigenvalue weighted by molar-refractivity contribution is 5.36. The Morgan fingerprint density at radius 1 is 1.17 bits per heavy atom. The Balaban J connectivity index is 2.48. The lowest BCUT2D eigenvalue weighted by molar-refractivity contribution is 0.520. The topological polar surface area (TPSA) is 37.8 Å². The molecule has 1 aromatic rings. The molecule has 1 unspecified atom stereocenters. The molecule has 0 spiro atoms. The maximum absolute atomic E-state index is 4.44. The van der Waals surface area contributed by atoms with Gasteiger partial charge in [0.25, 0.3) is 0 Å². The molecule has 0 radical (unpaired) electrons. The van der Waals surface area contributed by atoms with Crippen molar-refractivity contribution in [3.63, 3.8) is 0 Å². The zero-order chi connectivity index (χ0) is 13.5. The van der Waals surface area contributed by atoms with Gasteiger partial charge < -0.3 is 5.32 Å². The predicted octanol–water partition coefficient (Wildman–Crippen LogP) is 3.97. The van der Waals surface area contributed by atoms with Gasteiger partial charge in [-0.3, -0.25) is 0 Å². The highest BCUT2D eigenvalue weighted by Gasteiger charge is 2.06. The van der Waals surface area contributed by atoms with E-state index in [1.807, 2.05) is 6.92 Å². The molecule has 0 fully saturated rings. The number of nitrogens with one attached hydrogen (secondary N) is 1. The summed E-state index contributed by atoms with van der Waals surface area (Å²) in [5.41, 5.74) is 1.11. The second-order valence-corrected chi connectivity index (χ2v) is 5.52. The van der Waals surface area contributed by atoms with E-state index in [0.29, 0.717) is 6.04 Å². The molecule has 0 amide bonds. The highest BCUT2D eigenvalue weighted by atomic mass is 15.0. The molecule has 1 aromatic heterocycles. The molecule has 1 rings (SSSR count). The van der Waals surface area contributed by atoms with Crippen LogP contribution in [0.1, 0.15) is 58.5 Å². The van der Waals surface area contributed by atoms with E-state index in [2.05, 4.69) is 49.0 Å². The smallest absolute Gasteiger partial charge is 0.130 e. The largest absolute Gasteiger partial charge is 0.368 e. The molecule has 18 heavy (non-hydrogen) atoms. The first kappa shape index (κ1) is 14.9. The number of nitrogens with zero attached hydrogens (tertiary/aromatic N) is 2. The van der Waals surface area contributed by atoms with Crippen LogP contribution in [0.2, 0.25) is 0 Å². The van der Waals surface area contributed by atoms with Gasteiger partial charge in [-0.1, -0.05) is 33.6 Å². The van der Waals surface area contributed by atoms with Gasteiger partial charge in [-0.05, 0) is 32.6 Å². The van der Waals surface area contributed by atoms with Crippen molar-refractivity contribution in [3.05, 3.63) is 17.6 Å². The van der Waals surface area contributed by atoms with Crippen molar-refractivity contribution in [2.45, 2.75) is 66.3 Å². The SMILES string of the molecule is CCc1cc(NC(C)CCCC(C)C)nc(C)n1. The lowest BCUT2D eigenvalue weighted by Gasteiger charge is -2.15. The quantitative estimate of drug-likeness (QED) is 0.794. The Labute approximate surface area is 111 Å². The summed E-state index contributed by atoms with van der Waals surface area (Å²) < 4.78 is 0. The summed E-state index contributed by atoms with van der Waals surface area (Å²) in [7, 11) is 0. The van der Waals surface area contributed by atoms with Crippen LogP contribution in [0.3, 0.4) is 0 Å². The standard InChI is InChI=1S/C15H27N3/c1-6-14-10-15(18-13(5)17-14)16-12(4)9-7-8-11(2)3/h10-12H,6-9H2,1-5H3,(H,16,17,18). The first-order valence-corrected chi connectivity index (χ1v) is 7.12. The summed E-state index contributed by atoms with van der Waals surface area (Å²) >= 11 is 0. The van der Waals surface area contributed by atoms with Gasteiger partial charge >= 0.3 is 0 Å². The third kappa shape index (κ3) is 5.48. The van der Waals surface area contributed by atoms with Crippen molar-refractivity contribution in [2.75, 3.05) is 5.32 Å². The molecule has 0 aliphatic rings. The van der Waals surface area contributed by atoms with Crippen molar-refractivity contribution in [2.24, 2.45) is 5.92 Å². The molecule has 1 N–H and O–H groups in total. The number of aryl methyl sites for hydroxylation is 2. The molecular formula is C15H27N3. The van der Waals surface area contributed by atoms with E-state index in [1.54, 1.807) is 0 Å². The molecule has 0 saturated carbocycles. The number of anilines is 1. The summed E-state index contributed by atoms with van der Waals surface area (Å²) in [6, 6.07) is 2.54. The Kier molecular flexibility index (Phi) is 6.10. The van der Waals surface area contributed by atoms with Gasteiger partial charge in [0, 0.05) is 17.8 Å². The van der Waals surface area contributed by atoms with Gasteiger partial charge in [0.15, 0.2) is 0 Å². The van der Waals surface area contributed by atoms with Crippen LogP contribution in [0.4, 0.5) is 5.82 Å². The molecule has 0 aliphatic carbocycles. The molecule has 0 bridgehead atoms. The Morgan fingerprint density at radius 3 is 2.50 bits per heavy atom. The monoisotopic (exact) mass is 249 g/mol. The third-order valence-electron chi connectivity index (χ3n) is 3.07. The minimum atomic E-state index is 0.475. The van der Waals surface area contributed by atoms with Crippen molar-refractivity contribution in [3.8, 4) is 0 Å². The summed E-state index contributed by atoms with van der Waals surface area (Å²) in [6.45, 7) is 10.9. The minimum Gasteiger partial charge on any atom is -0.368 e. The summed E-state index contributed by atoms with van der Waals surface area (Å²) in [5.74, 6) is 2.62. The number of hydrogen-bond donors (Lipinski definition) is 1. The van der Waals surface area contributed by atoms with Gasteiger partial charge in [0.1, 0.15) is 11.6 Å². The average molecular weight is 249 g/mol. The fourth-order valence-electron chi connectivity index (χ4n) is 2.04. The van der Waals surface area contributed by atoms with E-state index < -0.39 is 0 Å². The van der Waals surface area contributed by atoms with E-state index in [-0.39, 0.29) is 0 Å². The second-order valence-electron chi connectivity index (χ2n) is 5.52. The normalized spacial score (nSPS) is 12.8. The first-order chi connectivity index (χ1) is 8.51. The molecule has 3 heteroatoms. The van der Waals surface area contributed by atoms with Crippen LogP contribution >= 0.6 is 0 Å². The highest BCUT2D eigenvalue weighted by Crippen LogP contribution is 2.13. The zero-order valence-electron chi connectivity index (χ0n) is 12.5. The van der Waals surface area contributed by atoms with Gasteiger partial charge in [-0.15, -0.1) is 0 Å². The van der Waals surface area contributed by atoms with Crippen LogP contribution < -0.4 is 5.32 Å². The fourth-order valence-corrected chi connectivity index (χ4v) is 2.04. The second kappa shape index (κ2) is 7.34. The van der Waals surface area contributed by atoms with Gasteiger partial charge in [-0.25, -0.2) is 9.97 Å². The number of aromatic nitrogens is 2. The van der Waals surface area contributed by atoms with Crippen molar-refractivity contribution in [1.29, 1.82) is 0 Å². The summed E-state index contributed by atoms with van der Waals surface area (Å²) in [4.78, 5) is 8.84. The van der Waals surface area contributed by atoms with Crippen molar-refractivity contribution < 1.29 is 0 Å². The maximum Gasteiger partial charge on any atom is 0.130 e. The molecule has 3 nitrogen and oxygen atoms in total. The van der Waals surface area contributed by atoms with Crippen LogP contribution in [-0.2, 0) is 6.42 Å². The average Bonchev–Trinajstić information content (AvgIpc) is 2.27. The lowest BCUT2D eigenvalue weighted by Crippen LogP contribution is -2.17. The van der Waals surface area contributed by atoms with Crippen molar-refractivity contribution in [1.82, 2.24) is 9.97 Å². The van der Waals surface area contributed by atoms with Gasteiger partial charge in [0.2, 0.25) is 0 Å². The molecule has 102 valence electrons. The van der Waals surface area contributed by atoms with Gasteiger partial charge in [-0.2, -0.15) is 0 Å². The maximum atomic E-state index is 4.44. The summed E-state index contributed by atoms with van der Waals surface area (Å²) in [6.07, 6.45) is 4.73. The molecular weight excluding hydrogens is 222 g/mol. The number of hydrogen-bond acceptors (Lipinski definition) is 3. The van der Waals surface area contributed by atoms with E-state index >= 15 is 0 Å². The lowest BCUT2D eigenvalue weighted by atomic mass is 10.0. The van der Waals surface area contributed by atoms with Gasteiger partial charge in [0.05, 0.1) is 0 Å². The zero-order valence-corrected chi connectivity index (χ0v) is 12.5. The van der Waals surface area contributed by atoms with E-state index in [4.69, 9.17) is 0 Å². The van der Waals surface area contributed by atoms with E-state index in [0.717, 1.165) is 29.7 Å². The van der Waals surface area contributed by atoms with Crippen LogP contribution in [0.25, 0.3) is 0 Å². The van der Waals surface area contributed by atoms with Crippen LogP contribution in [-0.4, -0.2) is 16.0 Å². The molecule has 1 atom stereocenters. The summed E-state index contributed by atoms with van der Waals surface area (Å²) in [5, 5.41) is 3.48. The predicted molar refractivity (Wildman–Crippen MR) is 77.9 cm³/mol. The Hall–Kier alpha value is -1.12. The first-order valence-electron chi connectivity index (χ1n) is 7.12. The van der Waals surface area contributed by atoms with E-state index in [1.165, 1.54) is 19.3 Å². The Morgan fingerprint density at radius 2 is 1.89 bits per heavy atom. The fraction of sp³-hybridized carbons (Fsp3) is 0.733. The van der Waals surface area contributed by atoms with Crippen LogP contribution in [0, 0.1) is 12.8 Å². The third-order valence-corrected chi connectivity index (χ3v) is 3.07. The van der Waals surface area contributed by atoms with Crippen molar-refractivity contribution >= 4 is 5.82 Å². The van der Waals surface area contributed by atoms with Crippen LogP contribution in [0.5, 0.6) is 0 Å². The molecule has 0 saturated heterocycles. The molecule has 0 aliphatic heterocycles. The number of rotatable bonds is 7. The van der Waals surface area contributed by atoms with Crippen LogP contribution in [0.15, 0.2) is 6.07 Å². The minimum absolute atomic E-state index is 0.475. The molecule has 1 heterocycles. The Bertz CT molecular complexity index is 361.